The first-order chi connectivity index (χ1) is 11.8. The number of carbonyl (C=O) groups is 1. The van der Waals surface area contributed by atoms with Crippen molar-refractivity contribution in [2.24, 2.45) is 0 Å². The minimum atomic E-state index is -4.84. The summed E-state index contributed by atoms with van der Waals surface area (Å²) in [4.78, 5) is 11.1. The molecule has 2 aromatic carbocycles. The maximum absolute atomic E-state index is 13.1. The van der Waals surface area contributed by atoms with Crippen molar-refractivity contribution in [3.8, 4) is 17.2 Å². The molecule has 1 heterocycles. The van der Waals surface area contributed by atoms with Crippen molar-refractivity contribution in [3.05, 3.63) is 59.2 Å². The summed E-state index contributed by atoms with van der Waals surface area (Å²) in [6.45, 7) is 1.84. The van der Waals surface area contributed by atoms with Gasteiger partial charge in [0, 0.05) is 11.6 Å². The van der Waals surface area contributed by atoms with E-state index in [0.29, 0.717) is 11.5 Å². The SMILES string of the molecule is Cc1ccccc1Oc1ccc2c(c1)OC(C(F)(F)F)C(C(=O)O)=C2.[H-].[Na+]. The number of aryl methyl sites for hydroxylation is 1. The van der Waals surface area contributed by atoms with Crippen molar-refractivity contribution >= 4 is 12.0 Å². The molecule has 0 aromatic heterocycles. The van der Waals surface area contributed by atoms with Crippen LogP contribution in [0.2, 0.25) is 0 Å². The number of rotatable bonds is 3. The number of para-hydroxylation sites is 1. The van der Waals surface area contributed by atoms with E-state index in [2.05, 4.69) is 0 Å². The number of halogens is 3. The molecular weight excluding hydrogens is 360 g/mol. The van der Waals surface area contributed by atoms with E-state index in [1.807, 2.05) is 19.1 Å². The van der Waals surface area contributed by atoms with Crippen LogP contribution >= 0.6 is 0 Å². The van der Waals surface area contributed by atoms with Gasteiger partial charge in [0.2, 0.25) is 6.10 Å². The summed E-state index contributed by atoms with van der Waals surface area (Å²) in [5, 5.41) is 9.00. The van der Waals surface area contributed by atoms with Crippen molar-refractivity contribution in [2.75, 3.05) is 0 Å². The fourth-order valence-electron chi connectivity index (χ4n) is 2.45. The average molecular weight is 374 g/mol. The van der Waals surface area contributed by atoms with Gasteiger partial charge in [0.1, 0.15) is 17.2 Å². The summed E-state index contributed by atoms with van der Waals surface area (Å²) in [7, 11) is 0. The molecule has 0 saturated heterocycles. The van der Waals surface area contributed by atoms with Crippen LogP contribution in [0.25, 0.3) is 6.08 Å². The van der Waals surface area contributed by atoms with E-state index in [0.717, 1.165) is 11.6 Å². The second-order valence-corrected chi connectivity index (χ2v) is 5.51. The molecule has 0 spiro atoms. The van der Waals surface area contributed by atoms with Crippen LogP contribution in [0.5, 0.6) is 17.2 Å². The third-order valence-electron chi connectivity index (χ3n) is 3.69. The Bertz CT molecular complexity index is 868. The molecule has 1 N–H and O–H groups in total. The van der Waals surface area contributed by atoms with Gasteiger partial charge in [0.15, 0.2) is 0 Å². The van der Waals surface area contributed by atoms with E-state index >= 15 is 0 Å². The van der Waals surface area contributed by atoms with Crippen LogP contribution in [-0.4, -0.2) is 23.4 Å². The molecule has 0 fully saturated rings. The van der Waals surface area contributed by atoms with Crippen molar-refractivity contribution in [1.82, 2.24) is 0 Å². The monoisotopic (exact) mass is 374 g/mol. The van der Waals surface area contributed by atoms with Gasteiger partial charge in [0.25, 0.3) is 0 Å². The van der Waals surface area contributed by atoms with E-state index in [1.165, 1.54) is 12.1 Å². The maximum atomic E-state index is 13.1. The first-order valence-electron chi connectivity index (χ1n) is 7.31. The van der Waals surface area contributed by atoms with Gasteiger partial charge in [-0.05, 0) is 36.8 Å². The molecule has 1 aliphatic rings. The summed E-state index contributed by atoms with van der Waals surface area (Å²) >= 11 is 0. The number of benzene rings is 2. The number of hydrogen-bond donors (Lipinski definition) is 1. The van der Waals surface area contributed by atoms with Gasteiger partial charge in [-0.25, -0.2) is 4.79 Å². The molecule has 132 valence electrons. The minimum Gasteiger partial charge on any atom is -1.00 e. The van der Waals surface area contributed by atoms with Crippen LogP contribution in [-0.2, 0) is 4.79 Å². The molecule has 4 nitrogen and oxygen atoms in total. The fourth-order valence-corrected chi connectivity index (χ4v) is 2.45. The van der Waals surface area contributed by atoms with E-state index in [4.69, 9.17) is 14.6 Å². The molecule has 2 aromatic rings. The predicted octanol–water partition coefficient (Wildman–Crippen LogP) is 1.70. The Balaban J connectivity index is 0.00000182. The molecule has 0 aliphatic carbocycles. The number of fused-ring (bicyclic) bond motifs is 1. The smallest absolute Gasteiger partial charge is 1.00 e. The molecular formula is C18H14F3NaO4. The number of carboxylic acid groups (broad SMARTS) is 1. The number of carboxylic acids is 1. The Morgan fingerprint density at radius 3 is 2.54 bits per heavy atom. The van der Waals surface area contributed by atoms with Gasteiger partial charge in [-0.1, -0.05) is 18.2 Å². The zero-order valence-corrected chi connectivity index (χ0v) is 16.0. The van der Waals surface area contributed by atoms with Gasteiger partial charge in [-0.3, -0.25) is 0 Å². The second-order valence-electron chi connectivity index (χ2n) is 5.51. The van der Waals surface area contributed by atoms with Crippen LogP contribution in [0.4, 0.5) is 13.2 Å². The number of hydrogen-bond acceptors (Lipinski definition) is 3. The van der Waals surface area contributed by atoms with Gasteiger partial charge in [0.05, 0.1) is 5.57 Å². The third-order valence-corrected chi connectivity index (χ3v) is 3.69. The predicted molar refractivity (Wildman–Crippen MR) is 84.9 cm³/mol. The number of aliphatic carboxylic acids is 1. The zero-order valence-electron chi connectivity index (χ0n) is 15.0. The van der Waals surface area contributed by atoms with E-state index in [9.17, 15) is 18.0 Å². The van der Waals surface area contributed by atoms with Crippen LogP contribution in [0.3, 0.4) is 0 Å². The Morgan fingerprint density at radius 1 is 1.23 bits per heavy atom. The number of ether oxygens (including phenoxy) is 2. The molecule has 8 heteroatoms. The fraction of sp³-hybridized carbons (Fsp3) is 0.167. The molecule has 1 unspecified atom stereocenters. The maximum Gasteiger partial charge on any atom is 1.00 e. The van der Waals surface area contributed by atoms with Crippen molar-refractivity contribution < 1.29 is 63.5 Å². The van der Waals surface area contributed by atoms with Gasteiger partial charge in [-0.15, -0.1) is 0 Å². The summed E-state index contributed by atoms with van der Waals surface area (Å²) in [5.74, 6) is -0.903. The summed E-state index contributed by atoms with van der Waals surface area (Å²) in [6, 6.07) is 11.5. The Morgan fingerprint density at radius 2 is 1.92 bits per heavy atom. The van der Waals surface area contributed by atoms with E-state index in [-0.39, 0.29) is 42.3 Å². The van der Waals surface area contributed by atoms with E-state index in [1.54, 1.807) is 18.2 Å². The third kappa shape index (κ3) is 4.23. The molecule has 26 heavy (non-hydrogen) atoms. The first kappa shape index (κ1) is 20.4. The van der Waals surface area contributed by atoms with Gasteiger partial charge >= 0.3 is 41.7 Å². The Labute approximate surface area is 171 Å². The standard InChI is InChI=1S/C18H13F3O4.Na.H/c1-10-4-2-3-5-14(10)24-12-7-6-11-8-13(17(22)23)16(18(19,20)21)25-15(11)9-12;;/h2-9,16H,1H3,(H,22,23);;/q;+1;-1. The summed E-state index contributed by atoms with van der Waals surface area (Å²) in [5.41, 5.74) is 0.255. The normalized spacial score (nSPS) is 15.8. The molecule has 1 atom stereocenters. The van der Waals surface area contributed by atoms with Crippen LogP contribution in [0.1, 0.15) is 12.6 Å². The molecule has 0 amide bonds. The summed E-state index contributed by atoms with van der Waals surface area (Å²) in [6.07, 6.45) is -6.39. The zero-order chi connectivity index (χ0) is 18.2. The van der Waals surface area contributed by atoms with Crippen LogP contribution in [0.15, 0.2) is 48.0 Å². The Hall–Kier alpha value is -1.96. The number of alkyl halides is 3. The van der Waals surface area contributed by atoms with Gasteiger partial charge < -0.3 is 16.0 Å². The van der Waals surface area contributed by atoms with Crippen molar-refractivity contribution in [2.45, 2.75) is 19.2 Å². The van der Waals surface area contributed by atoms with Crippen LogP contribution in [0, 0.1) is 6.92 Å². The second kappa shape index (κ2) is 7.73. The van der Waals surface area contributed by atoms with Crippen molar-refractivity contribution in [3.63, 3.8) is 0 Å². The first-order valence-corrected chi connectivity index (χ1v) is 7.31. The molecule has 3 rings (SSSR count). The van der Waals surface area contributed by atoms with E-state index < -0.39 is 23.8 Å². The molecule has 1 aliphatic heterocycles. The average Bonchev–Trinajstić information content (AvgIpc) is 2.55. The molecule has 0 radical (unpaired) electrons. The minimum absolute atomic E-state index is 0. The van der Waals surface area contributed by atoms with Crippen LogP contribution < -0.4 is 39.0 Å². The summed E-state index contributed by atoms with van der Waals surface area (Å²) < 4.78 is 49.9. The quantitative estimate of drug-likeness (QED) is 0.831. The topological polar surface area (TPSA) is 55.8 Å². The van der Waals surface area contributed by atoms with Gasteiger partial charge in [-0.2, -0.15) is 13.2 Å². The van der Waals surface area contributed by atoms with Crippen molar-refractivity contribution in [1.29, 1.82) is 0 Å². The largest absolute Gasteiger partial charge is 1.00 e. The Kier molecular flexibility index (Phi) is 6.05. The molecule has 0 bridgehead atoms. The molecule has 0 saturated carbocycles.